The first kappa shape index (κ1) is 18.7. The summed E-state index contributed by atoms with van der Waals surface area (Å²) in [5.74, 6) is 1.32. The summed E-state index contributed by atoms with van der Waals surface area (Å²) in [4.78, 5) is 6.52. The van der Waals surface area contributed by atoms with Crippen molar-refractivity contribution in [1.29, 1.82) is 0 Å². The fourth-order valence-electron chi connectivity index (χ4n) is 3.54. The first-order chi connectivity index (χ1) is 14.5. The predicted molar refractivity (Wildman–Crippen MR) is 108 cm³/mol. The van der Waals surface area contributed by atoms with E-state index in [4.69, 9.17) is 4.42 Å². The molecule has 1 saturated heterocycles. The smallest absolute Gasteiger partial charge is 0.240 e. The van der Waals surface area contributed by atoms with Crippen LogP contribution >= 0.6 is 0 Å². The van der Waals surface area contributed by atoms with Gasteiger partial charge >= 0.3 is 0 Å². The summed E-state index contributed by atoms with van der Waals surface area (Å²) in [7, 11) is -3.63. The average Bonchev–Trinajstić information content (AvgIpc) is 3.48. The van der Waals surface area contributed by atoms with Gasteiger partial charge in [-0.1, -0.05) is 12.1 Å². The minimum absolute atomic E-state index is 0.203. The van der Waals surface area contributed by atoms with Crippen molar-refractivity contribution in [3.63, 3.8) is 0 Å². The Morgan fingerprint density at radius 3 is 2.77 bits per heavy atom. The Hall–Kier alpha value is -3.31. The number of aromatic nitrogens is 5. The lowest BCUT2D eigenvalue weighted by Crippen LogP contribution is -2.37. The van der Waals surface area contributed by atoms with Crippen LogP contribution in [0.15, 0.2) is 58.3 Å². The van der Waals surface area contributed by atoms with E-state index in [9.17, 15) is 8.42 Å². The van der Waals surface area contributed by atoms with Crippen molar-refractivity contribution in [2.24, 2.45) is 0 Å². The summed E-state index contributed by atoms with van der Waals surface area (Å²) in [6.45, 7) is 3.01. The zero-order chi connectivity index (χ0) is 20.7. The maximum atomic E-state index is 12.8. The maximum absolute atomic E-state index is 12.8. The van der Waals surface area contributed by atoms with Gasteiger partial charge in [0.1, 0.15) is 24.1 Å². The van der Waals surface area contributed by atoms with E-state index in [0.29, 0.717) is 36.7 Å². The molecule has 30 heavy (non-hydrogen) atoms. The van der Waals surface area contributed by atoms with Crippen LogP contribution in [0.5, 0.6) is 0 Å². The molecule has 1 aliphatic heterocycles. The number of fused-ring (bicyclic) bond motifs is 1. The fraction of sp³-hybridized carbons (Fsp3) is 0.263. The van der Waals surface area contributed by atoms with Crippen LogP contribution in [-0.4, -0.2) is 52.3 Å². The number of hydrogen-bond donors (Lipinski definition) is 1. The Morgan fingerprint density at radius 1 is 1.17 bits per heavy atom. The van der Waals surface area contributed by atoms with Crippen LogP contribution in [0.1, 0.15) is 12.3 Å². The van der Waals surface area contributed by atoms with Crippen molar-refractivity contribution in [1.82, 2.24) is 29.5 Å². The summed E-state index contributed by atoms with van der Waals surface area (Å²) in [6, 6.07) is 10.1. The van der Waals surface area contributed by atoms with Gasteiger partial charge in [0.15, 0.2) is 11.5 Å². The van der Waals surface area contributed by atoms with Crippen LogP contribution in [0.3, 0.4) is 0 Å². The second kappa shape index (κ2) is 7.18. The molecule has 1 N–H and O–H groups in total. The van der Waals surface area contributed by atoms with Gasteiger partial charge in [-0.05, 0) is 30.7 Å². The molecule has 0 saturated carbocycles. The third kappa shape index (κ3) is 3.53. The quantitative estimate of drug-likeness (QED) is 0.513. The molecule has 4 heterocycles. The lowest BCUT2D eigenvalue weighted by atomic mass is 10.2. The van der Waals surface area contributed by atoms with Gasteiger partial charge in [-0.3, -0.25) is 0 Å². The van der Waals surface area contributed by atoms with E-state index in [1.165, 1.54) is 0 Å². The van der Waals surface area contributed by atoms with Gasteiger partial charge in [-0.2, -0.15) is 4.52 Å². The van der Waals surface area contributed by atoms with Crippen molar-refractivity contribution in [3.8, 4) is 11.3 Å². The standard InChI is InChI=1S/C19H19N7O3S/c1-13-21-17(11-29-13)14-2-4-16(5-3-14)30(27,28)24-15-8-9-25(10-15)19-7-6-18-22-20-12-26(18)23-19/h2-7,11-12,15,24H,8-10H2,1H3/t15-/m1/s1. The second-order valence-electron chi connectivity index (χ2n) is 7.15. The number of oxazole rings is 1. The van der Waals surface area contributed by atoms with Gasteiger partial charge in [-0.25, -0.2) is 18.1 Å². The van der Waals surface area contributed by atoms with Gasteiger partial charge in [-0.15, -0.1) is 15.3 Å². The predicted octanol–water partition coefficient (Wildman–Crippen LogP) is 1.64. The molecule has 154 valence electrons. The lowest BCUT2D eigenvalue weighted by molar-refractivity contribution is 0.521. The molecule has 0 aliphatic carbocycles. The molecule has 1 atom stereocenters. The van der Waals surface area contributed by atoms with Gasteiger partial charge in [0, 0.05) is 31.6 Å². The molecule has 1 aliphatic rings. The van der Waals surface area contributed by atoms with E-state index in [-0.39, 0.29) is 10.9 Å². The molecule has 11 heteroatoms. The van der Waals surface area contributed by atoms with Crippen LogP contribution in [0.4, 0.5) is 5.82 Å². The van der Waals surface area contributed by atoms with Crippen molar-refractivity contribution in [3.05, 3.63) is 54.9 Å². The normalized spacial score (nSPS) is 17.1. The number of sulfonamides is 1. The first-order valence-electron chi connectivity index (χ1n) is 9.45. The molecule has 1 fully saturated rings. The zero-order valence-electron chi connectivity index (χ0n) is 16.1. The highest BCUT2D eigenvalue weighted by atomic mass is 32.2. The number of rotatable bonds is 5. The average molecular weight is 425 g/mol. The van der Waals surface area contributed by atoms with Crippen molar-refractivity contribution in [2.75, 3.05) is 18.0 Å². The highest BCUT2D eigenvalue weighted by Crippen LogP contribution is 2.23. The fourth-order valence-corrected chi connectivity index (χ4v) is 4.80. The molecular weight excluding hydrogens is 406 g/mol. The van der Waals surface area contributed by atoms with Crippen molar-refractivity contribution in [2.45, 2.75) is 24.3 Å². The van der Waals surface area contributed by atoms with Gasteiger partial charge < -0.3 is 9.32 Å². The molecule has 0 spiro atoms. The number of benzene rings is 1. The zero-order valence-corrected chi connectivity index (χ0v) is 17.0. The monoisotopic (exact) mass is 425 g/mol. The Bertz CT molecular complexity index is 1300. The van der Waals surface area contributed by atoms with Crippen LogP contribution in [-0.2, 0) is 10.0 Å². The highest BCUT2D eigenvalue weighted by Gasteiger charge is 2.28. The molecule has 0 radical (unpaired) electrons. The van der Waals surface area contributed by atoms with E-state index < -0.39 is 10.0 Å². The largest absolute Gasteiger partial charge is 0.449 e. The lowest BCUT2D eigenvalue weighted by Gasteiger charge is -2.18. The van der Waals surface area contributed by atoms with E-state index in [0.717, 1.165) is 11.4 Å². The van der Waals surface area contributed by atoms with Crippen LogP contribution in [0.25, 0.3) is 16.9 Å². The minimum atomic E-state index is -3.63. The molecule has 1 aromatic carbocycles. The molecule has 0 unspecified atom stereocenters. The molecule has 3 aromatic heterocycles. The maximum Gasteiger partial charge on any atom is 0.240 e. The van der Waals surface area contributed by atoms with E-state index in [1.807, 2.05) is 17.0 Å². The van der Waals surface area contributed by atoms with Gasteiger partial charge in [0.05, 0.1) is 4.90 Å². The topological polar surface area (TPSA) is 119 Å². The van der Waals surface area contributed by atoms with Crippen LogP contribution in [0, 0.1) is 6.92 Å². The molecule has 0 amide bonds. The molecule has 0 bridgehead atoms. The Morgan fingerprint density at radius 2 is 2.00 bits per heavy atom. The van der Waals surface area contributed by atoms with Crippen LogP contribution in [0.2, 0.25) is 0 Å². The van der Waals surface area contributed by atoms with E-state index in [1.54, 1.807) is 48.3 Å². The first-order valence-corrected chi connectivity index (χ1v) is 10.9. The van der Waals surface area contributed by atoms with E-state index in [2.05, 4.69) is 25.0 Å². The third-order valence-electron chi connectivity index (χ3n) is 5.06. The molecular formula is C19H19N7O3S. The van der Waals surface area contributed by atoms with E-state index >= 15 is 0 Å². The molecule has 5 rings (SSSR count). The second-order valence-corrected chi connectivity index (χ2v) is 8.87. The minimum Gasteiger partial charge on any atom is -0.449 e. The van der Waals surface area contributed by atoms with Crippen LogP contribution < -0.4 is 9.62 Å². The van der Waals surface area contributed by atoms with Gasteiger partial charge in [0.25, 0.3) is 0 Å². The Labute approximate surface area is 172 Å². The summed E-state index contributed by atoms with van der Waals surface area (Å²) in [5.41, 5.74) is 2.14. The summed E-state index contributed by atoms with van der Waals surface area (Å²) >= 11 is 0. The SMILES string of the molecule is Cc1nc(-c2ccc(S(=O)(=O)N[C@@H]3CCN(c4ccc5nncn5n4)C3)cc2)co1. The molecule has 4 aromatic rings. The number of aryl methyl sites for hydroxylation is 1. The third-order valence-corrected chi connectivity index (χ3v) is 6.60. The number of nitrogens with one attached hydrogen (secondary N) is 1. The Kier molecular flexibility index (Phi) is 4.48. The summed E-state index contributed by atoms with van der Waals surface area (Å²) in [5, 5.41) is 12.2. The highest BCUT2D eigenvalue weighted by molar-refractivity contribution is 7.89. The summed E-state index contributed by atoms with van der Waals surface area (Å²) in [6.07, 6.45) is 3.78. The number of hydrogen-bond acceptors (Lipinski definition) is 8. The Balaban J connectivity index is 1.28. The van der Waals surface area contributed by atoms with Crippen molar-refractivity contribution >= 4 is 21.5 Å². The number of anilines is 1. The number of nitrogens with zero attached hydrogens (tertiary/aromatic N) is 6. The van der Waals surface area contributed by atoms with Crippen molar-refractivity contribution < 1.29 is 12.8 Å². The van der Waals surface area contributed by atoms with Gasteiger partial charge in [0.2, 0.25) is 10.0 Å². The summed E-state index contributed by atoms with van der Waals surface area (Å²) < 4.78 is 35.3. The molecule has 10 nitrogen and oxygen atoms in total.